The molecule has 0 bridgehead atoms. The summed E-state index contributed by atoms with van der Waals surface area (Å²) in [7, 11) is 0. The van der Waals surface area contributed by atoms with E-state index in [1.54, 1.807) is 6.08 Å². The highest BCUT2D eigenvalue weighted by atomic mass is 19.4. The van der Waals surface area contributed by atoms with Crippen molar-refractivity contribution in [2.75, 3.05) is 6.61 Å². The fourth-order valence-electron chi connectivity index (χ4n) is 4.94. The van der Waals surface area contributed by atoms with Crippen molar-refractivity contribution in [2.24, 2.45) is 11.8 Å². The summed E-state index contributed by atoms with van der Waals surface area (Å²) < 4.78 is 62.3. The van der Waals surface area contributed by atoms with Gasteiger partial charge in [0.05, 0.1) is 18.3 Å². The van der Waals surface area contributed by atoms with Crippen LogP contribution in [0.25, 0.3) is 6.08 Å². The first kappa shape index (κ1) is 24.0. The van der Waals surface area contributed by atoms with Crippen LogP contribution in [0.4, 0.5) is 17.6 Å². The van der Waals surface area contributed by atoms with E-state index >= 15 is 4.39 Å². The number of carbonyl (C=O) groups is 1. The number of Topliss-reactive ketones (excluding diaryl/α,β-unsaturated/α-hetero) is 1. The van der Waals surface area contributed by atoms with Crippen LogP contribution in [0, 0.1) is 17.7 Å². The van der Waals surface area contributed by atoms with E-state index in [1.807, 2.05) is 0 Å². The van der Waals surface area contributed by atoms with Gasteiger partial charge < -0.3 is 4.74 Å². The zero-order valence-electron chi connectivity index (χ0n) is 18.3. The van der Waals surface area contributed by atoms with Gasteiger partial charge in [-0.05, 0) is 63.4 Å². The minimum Gasteiger partial charge on any atom is -0.378 e. The van der Waals surface area contributed by atoms with Crippen LogP contribution in [0.15, 0.2) is 18.2 Å². The van der Waals surface area contributed by atoms with Gasteiger partial charge in [0.2, 0.25) is 0 Å². The molecule has 2 unspecified atom stereocenters. The van der Waals surface area contributed by atoms with Crippen LogP contribution in [0.3, 0.4) is 0 Å². The van der Waals surface area contributed by atoms with Gasteiger partial charge >= 0.3 is 6.18 Å². The van der Waals surface area contributed by atoms with Crippen LogP contribution in [-0.4, -0.2) is 18.5 Å². The smallest absolute Gasteiger partial charge is 0.378 e. The van der Waals surface area contributed by atoms with Gasteiger partial charge in [0, 0.05) is 17.4 Å². The minimum atomic E-state index is -4.76. The molecular formula is C25H32F4O2. The third-order valence-corrected chi connectivity index (χ3v) is 6.79. The molecule has 1 aliphatic heterocycles. The summed E-state index contributed by atoms with van der Waals surface area (Å²) in [5.74, 6) is -1.50. The van der Waals surface area contributed by atoms with Crippen molar-refractivity contribution < 1.29 is 27.1 Å². The molecule has 0 aromatic heterocycles. The second-order valence-corrected chi connectivity index (χ2v) is 9.03. The van der Waals surface area contributed by atoms with E-state index in [1.165, 1.54) is 25.1 Å². The Hall–Kier alpha value is -1.69. The highest BCUT2D eigenvalue weighted by Gasteiger charge is 2.40. The average molecular weight is 441 g/mol. The zero-order valence-corrected chi connectivity index (χ0v) is 18.3. The Morgan fingerprint density at radius 2 is 1.84 bits per heavy atom. The van der Waals surface area contributed by atoms with Crippen molar-refractivity contribution >= 4 is 11.9 Å². The van der Waals surface area contributed by atoms with Gasteiger partial charge in [0.25, 0.3) is 0 Å². The molecule has 1 saturated carbocycles. The molecule has 31 heavy (non-hydrogen) atoms. The molecule has 1 aromatic carbocycles. The number of ketones is 1. The number of alkyl halides is 3. The molecule has 0 N–H and O–H groups in total. The fraction of sp³-hybridized carbons (Fsp3) is 0.640. The van der Waals surface area contributed by atoms with Crippen molar-refractivity contribution in [1.29, 1.82) is 0 Å². The van der Waals surface area contributed by atoms with Crippen LogP contribution in [0.1, 0.15) is 87.8 Å². The van der Waals surface area contributed by atoms with E-state index in [9.17, 15) is 18.0 Å². The molecule has 0 radical (unpaired) electrons. The van der Waals surface area contributed by atoms with E-state index in [4.69, 9.17) is 4.74 Å². The normalized spacial score (nSPS) is 27.5. The maximum atomic E-state index is 15.0. The predicted octanol–water partition coefficient (Wildman–Crippen LogP) is 7.32. The number of ether oxygens (including phenoxy) is 1. The van der Waals surface area contributed by atoms with Crippen LogP contribution >= 0.6 is 0 Å². The van der Waals surface area contributed by atoms with Crippen LogP contribution in [-0.2, 0) is 15.7 Å². The van der Waals surface area contributed by atoms with Gasteiger partial charge in [-0.15, -0.1) is 0 Å². The van der Waals surface area contributed by atoms with E-state index in [0.29, 0.717) is 32.3 Å². The Morgan fingerprint density at radius 3 is 2.39 bits per heavy atom. The molecule has 2 atom stereocenters. The van der Waals surface area contributed by atoms with E-state index in [0.717, 1.165) is 25.7 Å². The Bertz CT molecular complexity index is 783. The standard InChI is InChI=1S/C25H32F4O2/c1-3-4-21-13-6-17(15-31-21)5-7-20-12-14-22(23(24(20)26)25(27,28)29)19-10-8-18(9-11-19)16(2)30/h5,7,12,14,17-19,21H,3-4,6,8-11,13,15H2,1-2H3/b7-5+. The lowest BCUT2D eigenvalue weighted by Gasteiger charge is -2.29. The Balaban J connectivity index is 1.77. The molecule has 0 spiro atoms. The lowest BCUT2D eigenvalue weighted by atomic mass is 9.76. The van der Waals surface area contributed by atoms with Crippen molar-refractivity contribution in [3.8, 4) is 0 Å². The largest absolute Gasteiger partial charge is 0.419 e. The first-order valence-corrected chi connectivity index (χ1v) is 11.4. The molecule has 2 aliphatic rings. The molecule has 1 aliphatic carbocycles. The highest BCUT2D eigenvalue weighted by Crippen LogP contribution is 2.44. The number of hydrogen-bond acceptors (Lipinski definition) is 2. The summed E-state index contributed by atoms with van der Waals surface area (Å²) in [6.45, 7) is 4.15. The Kier molecular flexibility index (Phi) is 7.95. The maximum absolute atomic E-state index is 15.0. The first-order chi connectivity index (χ1) is 14.7. The van der Waals surface area contributed by atoms with Crippen LogP contribution in [0.5, 0.6) is 0 Å². The van der Waals surface area contributed by atoms with Crippen molar-refractivity contribution in [3.63, 3.8) is 0 Å². The number of rotatable bonds is 6. The first-order valence-electron chi connectivity index (χ1n) is 11.4. The third kappa shape index (κ3) is 5.97. The predicted molar refractivity (Wildman–Crippen MR) is 113 cm³/mol. The topological polar surface area (TPSA) is 26.3 Å². The Morgan fingerprint density at radius 1 is 1.13 bits per heavy atom. The van der Waals surface area contributed by atoms with Crippen molar-refractivity contribution in [3.05, 3.63) is 40.7 Å². The molecule has 1 aromatic rings. The summed E-state index contributed by atoms with van der Waals surface area (Å²) in [5.41, 5.74) is -1.17. The molecule has 1 heterocycles. The zero-order chi connectivity index (χ0) is 22.6. The summed E-state index contributed by atoms with van der Waals surface area (Å²) >= 11 is 0. The van der Waals surface area contributed by atoms with E-state index in [2.05, 4.69) is 6.92 Å². The van der Waals surface area contributed by atoms with Crippen LogP contribution in [0.2, 0.25) is 0 Å². The highest BCUT2D eigenvalue weighted by molar-refractivity contribution is 5.78. The second kappa shape index (κ2) is 10.3. The molecule has 6 heteroatoms. The molecule has 3 rings (SSSR count). The fourth-order valence-corrected chi connectivity index (χ4v) is 4.94. The van der Waals surface area contributed by atoms with Gasteiger partial charge in [-0.2, -0.15) is 13.2 Å². The SMILES string of the molecule is CCCC1CCC(/C=C/c2ccc(C3CCC(C(C)=O)CC3)c(C(F)(F)F)c2F)CO1. The molecule has 1 saturated heterocycles. The van der Waals surface area contributed by atoms with Gasteiger partial charge in [-0.3, -0.25) is 4.79 Å². The minimum absolute atomic E-state index is 0.0209. The Labute approximate surface area is 182 Å². The van der Waals surface area contributed by atoms with Gasteiger partial charge in [0.1, 0.15) is 11.6 Å². The maximum Gasteiger partial charge on any atom is 0.419 e. The molecule has 172 valence electrons. The van der Waals surface area contributed by atoms with Crippen molar-refractivity contribution in [2.45, 2.75) is 83.4 Å². The lowest BCUT2D eigenvalue weighted by molar-refractivity contribution is -0.141. The quantitative estimate of drug-likeness (QED) is 0.433. The molecule has 0 amide bonds. The van der Waals surface area contributed by atoms with Crippen molar-refractivity contribution in [1.82, 2.24) is 0 Å². The van der Waals surface area contributed by atoms with Gasteiger partial charge in [0.15, 0.2) is 0 Å². The number of halogens is 4. The number of hydrogen-bond donors (Lipinski definition) is 0. The molecular weight excluding hydrogens is 408 g/mol. The number of benzene rings is 1. The molecule has 2 nitrogen and oxygen atoms in total. The number of carbonyl (C=O) groups excluding carboxylic acids is 1. The van der Waals surface area contributed by atoms with Gasteiger partial charge in [-0.25, -0.2) is 4.39 Å². The summed E-state index contributed by atoms with van der Waals surface area (Å²) in [4.78, 5) is 11.6. The van der Waals surface area contributed by atoms with E-state index < -0.39 is 17.6 Å². The molecule has 2 fully saturated rings. The summed E-state index contributed by atoms with van der Waals surface area (Å²) in [5, 5.41) is 0. The second-order valence-electron chi connectivity index (χ2n) is 9.03. The third-order valence-electron chi connectivity index (χ3n) is 6.79. The monoisotopic (exact) mass is 440 g/mol. The van der Waals surface area contributed by atoms with Crippen LogP contribution < -0.4 is 0 Å². The lowest BCUT2D eigenvalue weighted by Crippen LogP contribution is -2.24. The summed E-state index contributed by atoms with van der Waals surface area (Å²) in [6, 6.07) is 2.88. The average Bonchev–Trinajstić information content (AvgIpc) is 2.73. The van der Waals surface area contributed by atoms with Gasteiger partial charge in [-0.1, -0.05) is 37.6 Å². The van der Waals surface area contributed by atoms with E-state index in [-0.39, 0.29) is 40.8 Å². The summed E-state index contributed by atoms with van der Waals surface area (Å²) in [6.07, 6.45) is 4.67.